The molecule has 0 fully saturated rings. The molecule has 1 unspecified atom stereocenters. The maximum absolute atomic E-state index is 12.3. The van der Waals surface area contributed by atoms with Gasteiger partial charge in [0.1, 0.15) is 12.4 Å². The Balaban J connectivity index is 1.66. The van der Waals surface area contributed by atoms with Crippen molar-refractivity contribution in [1.82, 2.24) is 10.0 Å². The Hall–Kier alpha value is -3.32. The van der Waals surface area contributed by atoms with E-state index < -0.39 is 22.1 Å². The van der Waals surface area contributed by atoms with Gasteiger partial charge in [-0.2, -0.15) is 0 Å². The molecule has 0 aliphatic carbocycles. The fraction of sp³-hybridized carbons (Fsp3) is 0.136. The molecule has 0 aliphatic rings. The lowest BCUT2D eigenvalue weighted by Crippen LogP contribution is -2.40. The van der Waals surface area contributed by atoms with Gasteiger partial charge in [0, 0.05) is 5.56 Å². The number of benzene rings is 3. The van der Waals surface area contributed by atoms with Gasteiger partial charge in [-0.3, -0.25) is 0 Å². The van der Waals surface area contributed by atoms with E-state index in [0.717, 1.165) is 11.1 Å². The smallest absolute Gasteiger partial charge is 0.329 e. The summed E-state index contributed by atoms with van der Waals surface area (Å²) in [6.45, 7) is 2.15. The zero-order chi connectivity index (χ0) is 20.7. The molecule has 0 heterocycles. The second kappa shape index (κ2) is 9.25. The molecule has 0 aromatic heterocycles. The first-order chi connectivity index (χ1) is 14.0. The van der Waals surface area contributed by atoms with Crippen LogP contribution in [0.5, 0.6) is 5.75 Å². The van der Waals surface area contributed by atoms with Crippen molar-refractivity contribution >= 4 is 16.1 Å². The molecule has 1 atom stereocenters. The molecule has 150 valence electrons. The number of amides is 2. The van der Waals surface area contributed by atoms with Crippen molar-refractivity contribution in [3.63, 3.8) is 0 Å². The van der Waals surface area contributed by atoms with Gasteiger partial charge < -0.3 is 10.1 Å². The molecule has 7 heteroatoms. The third-order valence-electron chi connectivity index (χ3n) is 4.25. The highest BCUT2D eigenvalue weighted by Gasteiger charge is 2.20. The molecule has 0 spiro atoms. The Morgan fingerprint density at radius 3 is 2.17 bits per heavy atom. The number of ether oxygens (including phenoxy) is 1. The largest absolute Gasteiger partial charge is 0.489 e. The SMILES string of the molecule is CC(NC(=O)NS(=O)(=O)c1ccccc1)c1ccccc1OCc1ccccc1. The van der Waals surface area contributed by atoms with Crippen LogP contribution in [0.4, 0.5) is 4.79 Å². The predicted molar refractivity (Wildman–Crippen MR) is 111 cm³/mol. The summed E-state index contributed by atoms with van der Waals surface area (Å²) in [6.07, 6.45) is 0. The van der Waals surface area contributed by atoms with Crippen LogP contribution in [0.2, 0.25) is 0 Å². The van der Waals surface area contributed by atoms with Gasteiger partial charge in [0.25, 0.3) is 10.0 Å². The van der Waals surface area contributed by atoms with E-state index in [2.05, 4.69) is 5.32 Å². The van der Waals surface area contributed by atoms with Gasteiger partial charge in [-0.05, 0) is 30.7 Å². The molecular weight excluding hydrogens is 388 g/mol. The van der Waals surface area contributed by atoms with Crippen LogP contribution in [-0.4, -0.2) is 14.4 Å². The van der Waals surface area contributed by atoms with E-state index in [-0.39, 0.29) is 4.90 Å². The van der Waals surface area contributed by atoms with Gasteiger partial charge in [-0.25, -0.2) is 17.9 Å². The Kier molecular flexibility index (Phi) is 6.51. The van der Waals surface area contributed by atoms with Crippen molar-refractivity contribution < 1.29 is 17.9 Å². The average molecular weight is 410 g/mol. The van der Waals surface area contributed by atoms with Crippen molar-refractivity contribution in [2.24, 2.45) is 0 Å². The highest BCUT2D eigenvalue weighted by Crippen LogP contribution is 2.25. The highest BCUT2D eigenvalue weighted by atomic mass is 32.2. The molecule has 0 radical (unpaired) electrons. The second-order valence-corrected chi connectivity index (χ2v) is 8.11. The fourth-order valence-electron chi connectivity index (χ4n) is 2.79. The maximum Gasteiger partial charge on any atom is 0.329 e. The summed E-state index contributed by atoms with van der Waals surface area (Å²) in [5.41, 5.74) is 1.77. The van der Waals surface area contributed by atoms with Crippen LogP contribution in [0.1, 0.15) is 24.1 Å². The van der Waals surface area contributed by atoms with E-state index in [4.69, 9.17) is 4.74 Å². The number of nitrogens with one attached hydrogen (secondary N) is 2. The van der Waals surface area contributed by atoms with E-state index in [0.29, 0.717) is 12.4 Å². The molecule has 0 saturated carbocycles. The van der Waals surface area contributed by atoms with Crippen molar-refractivity contribution in [1.29, 1.82) is 0 Å². The number of urea groups is 1. The van der Waals surface area contributed by atoms with Gasteiger partial charge in [0.05, 0.1) is 10.9 Å². The minimum atomic E-state index is -3.94. The molecule has 3 aromatic rings. The Labute approximate surface area is 170 Å². The van der Waals surface area contributed by atoms with Crippen LogP contribution in [0.3, 0.4) is 0 Å². The van der Waals surface area contributed by atoms with Crippen LogP contribution in [0, 0.1) is 0 Å². The first-order valence-corrected chi connectivity index (χ1v) is 10.6. The summed E-state index contributed by atoms with van der Waals surface area (Å²) in [4.78, 5) is 12.3. The third kappa shape index (κ3) is 5.58. The predicted octanol–water partition coefficient (Wildman–Crippen LogP) is 4.01. The van der Waals surface area contributed by atoms with Crippen LogP contribution >= 0.6 is 0 Å². The van der Waals surface area contributed by atoms with Crippen LogP contribution < -0.4 is 14.8 Å². The second-order valence-electron chi connectivity index (χ2n) is 6.43. The van der Waals surface area contributed by atoms with E-state index in [9.17, 15) is 13.2 Å². The molecule has 0 saturated heterocycles. The van der Waals surface area contributed by atoms with Crippen LogP contribution in [-0.2, 0) is 16.6 Å². The van der Waals surface area contributed by atoms with Gasteiger partial charge >= 0.3 is 6.03 Å². The van der Waals surface area contributed by atoms with E-state index in [1.807, 2.05) is 59.3 Å². The van der Waals surface area contributed by atoms with Crippen molar-refractivity contribution in [2.45, 2.75) is 24.5 Å². The molecule has 2 amide bonds. The number of sulfonamides is 1. The minimum absolute atomic E-state index is 0.0226. The zero-order valence-corrected chi connectivity index (χ0v) is 16.7. The van der Waals surface area contributed by atoms with Crippen LogP contribution in [0.15, 0.2) is 89.8 Å². The number of para-hydroxylation sites is 1. The topological polar surface area (TPSA) is 84.5 Å². The lowest BCUT2D eigenvalue weighted by molar-refractivity contribution is 0.242. The van der Waals surface area contributed by atoms with Crippen molar-refractivity contribution in [2.75, 3.05) is 0 Å². The van der Waals surface area contributed by atoms with Gasteiger partial charge in [0.15, 0.2) is 0 Å². The summed E-state index contributed by atoms with van der Waals surface area (Å²) in [6, 6.07) is 23.5. The lowest BCUT2D eigenvalue weighted by atomic mass is 10.1. The minimum Gasteiger partial charge on any atom is -0.489 e. The first kappa shape index (κ1) is 20.4. The van der Waals surface area contributed by atoms with E-state index in [1.54, 1.807) is 25.1 Å². The van der Waals surface area contributed by atoms with Gasteiger partial charge in [-0.1, -0.05) is 66.7 Å². The molecular formula is C22H22N2O4S. The first-order valence-electron chi connectivity index (χ1n) is 9.10. The standard InChI is InChI=1S/C22H22N2O4S/c1-17(23-22(25)24-29(26,27)19-12-6-3-7-13-19)20-14-8-9-15-21(20)28-16-18-10-4-2-5-11-18/h2-15,17H,16H2,1H3,(H2,23,24,25). The van der Waals surface area contributed by atoms with E-state index >= 15 is 0 Å². The van der Waals surface area contributed by atoms with Crippen molar-refractivity contribution in [3.05, 3.63) is 96.1 Å². The summed E-state index contributed by atoms with van der Waals surface area (Å²) in [5, 5.41) is 2.65. The number of carbonyl (C=O) groups is 1. The highest BCUT2D eigenvalue weighted by molar-refractivity contribution is 7.90. The Morgan fingerprint density at radius 2 is 1.48 bits per heavy atom. The summed E-state index contributed by atoms with van der Waals surface area (Å²) < 4.78 is 32.5. The summed E-state index contributed by atoms with van der Waals surface area (Å²) in [7, 11) is -3.94. The monoisotopic (exact) mass is 410 g/mol. The number of carbonyl (C=O) groups excluding carboxylic acids is 1. The lowest BCUT2D eigenvalue weighted by Gasteiger charge is -2.19. The molecule has 2 N–H and O–H groups in total. The summed E-state index contributed by atoms with van der Waals surface area (Å²) in [5.74, 6) is 0.620. The van der Waals surface area contributed by atoms with Crippen LogP contribution in [0.25, 0.3) is 0 Å². The fourth-order valence-corrected chi connectivity index (χ4v) is 3.73. The summed E-state index contributed by atoms with van der Waals surface area (Å²) >= 11 is 0. The van der Waals surface area contributed by atoms with E-state index in [1.165, 1.54) is 12.1 Å². The molecule has 6 nitrogen and oxygen atoms in total. The molecule has 3 aromatic carbocycles. The number of rotatable bonds is 7. The molecule has 0 aliphatic heterocycles. The average Bonchev–Trinajstić information content (AvgIpc) is 2.73. The molecule has 29 heavy (non-hydrogen) atoms. The third-order valence-corrected chi connectivity index (χ3v) is 5.60. The Morgan fingerprint density at radius 1 is 0.897 bits per heavy atom. The quantitative estimate of drug-likeness (QED) is 0.616. The normalized spacial score (nSPS) is 12.0. The number of hydrogen-bond donors (Lipinski definition) is 2. The Bertz CT molecular complexity index is 1050. The number of hydrogen-bond acceptors (Lipinski definition) is 4. The molecule has 3 rings (SSSR count). The molecule has 0 bridgehead atoms. The zero-order valence-electron chi connectivity index (χ0n) is 15.9. The van der Waals surface area contributed by atoms with Crippen molar-refractivity contribution in [3.8, 4) is 5.75 Å². The maximum atomic E-state index is 12.3. The van der Waals surface area contributed by atoms with Gasteiger partial charge in [0.2, 0.25) is 0 Å². The van der Waals surface area contributed by atoms with Gasteiger partial charge in [-0.15, -0.1) is 0 Å².